The number of rotatable bonds is 3. The van der Waals surface area contributed by atoms with E-state index in [1.807, 2.05) is 53.4 Å². The molecule has 28 heavy (non-hydrogen) atoms. The fourth-order valence-corrected chi connectivity index (χ4v) is 4.18. The lowest BCUT2D eigenvalue weighted by Gasteiger charge is -2.37. The number of benzene rings is 2. The minimum atomic E-state index is 0. The second-order valence-corrected chi connectivity index (χ2v) is 7.44. The van der Waals surface area contributed by atoms with Gasteiger partial charge in [-0.1, -0.05) is 41.9 Å². The third kappa shape index (κ3) is 5.00. The van der Waals surface area contributed by atoms with E-state index in [0.29, 0.717) is 11.1 Å². The van der Waals surface area contributed by atoms with E-state index in [4.69, 9.17) is 11.6 Å². The molecule has 2 saturated heterocycles. The zero-order valence-electron chi connectivity index (χ0n) is 15.6. The molecular formula is C21H26Cl3N3O. The molecule has 7 heteroatoms. The van der Waals surface area contributed by atoms with Gasteiger partial charge in [0.15, 0.2) is 0 Å². The van der Waals surface area contributed by atoms with Crippen LogP contribution in [-0.2, 0) is 0 Å². The Morgan fingerprint density at radius 1 is 1.00 bits per heavy atom. The molecule has 4 rings (SSSR count). The highest BCUT2D eigenvalue weighted by molar-refractivity contribution is 6.33. The molecule has 0 aromatic heterocycles. The zero-order chi connectivity index (χ0) is 17.9. The number of piperazine rings is 1. The van der Waals surface area contributed by atoms with E-state index in [2.05, 4.69) is 10.2 Å². The molecule has 1 unspecified atom stereocenters. The lowest BCUT2D eigenvalue weighted by molar-refractivity contribution is 0.0584. The van der Waals surface area contributed by atoms with E-state index < -0.39 is 0 Å². The van der Waals surface area contributed by atoms with Crippen molar-refractivity contribution in [2.75, 3.05) is 39.3 Å². The molecule has 0 saturated carbocycles. The summed E-state index contributed by atoms with van der Waals surface area (Å²) >= 11 is 6.31. The number of hydrogen-bond donors (Lipinski definition) is 1. The molecule has 2 aromatic carbocycles. The van der Waals surface area contributed by atoms with Crippen molar-refractivity contribution in [1.82, 2.24) is 15.1 Å². The average Bonchev–Trinajstić information content (AvgIpc) is 3.23. The van der Waals surface area contributed by atoms with Gasteiger partial charge < -0.3 is 10.2 Å². The quantitative estimate of drug-likeness (QED) is 0.781. The van der Waals surface area contributed by atoms with Crippen molar-refractivity contribution in [1.29, 1.82) is 0 Å². The molecule has 0 aliphatic carbocycles. The molecule has 2 aromatic rings. The Labute approximate surface area is 184 Å². The SMILES string of the molecule is Cl.Cl.O=C(c1cccc(-c2ccccc2Cl)c1)N1CCN(C2CCNC2)CC1. The highest BCUT2D eigenvalue weighted by Gasteiger charge is 2.28. The molecule has 152 valence electrons. The van der Waals surface area contributed by atoms with Crippen LogP contribution in [0.15, 0.2) is 48.5 Å². The highest BCUT2D eigenvalue weighted by Crippen LogP contribution is 2.28. The summed E-state index contributed by atoms with van der Waals surface area (Å²) in [6.07, 6.45) is 1.22. The molecular weight excluding hydrogens is 417 g/mol. The van der Waals surface area contributed by atoms with Crippen molar-refractivity contribution in [3.05, 3.63) is 59.1 Å². The number of nitrogens with zero attached hydrogens (tertiary/aromatic N) is 2. The maximum atomic E-state index is 13.0. The fraction of sp³-hybridized carbons (Fsp3) is 0.381. The summed E-state index contributed by atoms with van der Waals surface area (Å²) in [4.78, 5) is 17.5. The smallest absolute Gasteiger partial charge is 0.253 e. The lowest BCUT2D eigenvalue weighted by atomic mass is 10.0. The van der Waals surface area contributed by atoms with Crippen LogP contribution in [0.4, 0.5) is 0 Å². The molecule has 0 radical (unpaired) electrons. The third-order valence-corrected chi connectivity index (χ3v) is 5.78. The van der Waals surface area contributed by atoms with Gasteiger partial charge in [0.05, 0.1) is 0 Å². The second kappa shape index (κ2) is 10.5. The Morgan fingerprint density at radius 3 is 2.43 bits per heavy atom. The summed E-state index contributed by atoms with van der Waals surface area (Å²) in [6, 6.07) is 16.2. The predicted molar refractivity (Wildman–Crippen MR) is 120 cm³/mol. The molecule has 2 fully saturated rings. The maximum Gasteiger partial charge on any atom is 0.253 e. The number of amides is 1. The minimum absolute atomic E-state index is 0. The summed E-state index contributed by atoms with van der Waals surface area (Å²) in [5, 5.41) is 4.13. The largest absolute Gasteiger partial charge is 0.336 e. The van der Waals surface area contributed by atoms with Gasteiger partial charge in [-0.2, -0.15) is 0 Å². The molecule has 2 aliphatic rings. The molecule has 0 spiro atoms. The maximum absolute atomic E-state index is 13.0. The van der Waals surface area contributed by atoms with E-state index in [0.717, 1.165) is 56.0 Å². The lowest BCUT2D eigenvalue weighted by Crippen LogP contribution is -2.52. The van der Waals surface area contributed by atoms with Crippen molar-refractivity contribution in [3.63, 3.8) is 0 Å². The van der Waals surface area contributed by atoms with Crippen LogP contribution in [0.3, 0.4) is 0 Å². The fourth-order valence-electron chi connectivity index (χ4n) is 3.94. The molecule has 1 atom stereocenters. The highest BCUT2D eigenvalue weighted by atomic mass is 35.5. The van der Waals surface area contributed by atoms with Crippen molar-refractivity contribution in [2.24, 2.45) is 0 Å². The average molecular weight is 443 g/mol. The van der Waals surface area contributed by atoms with Gasteiger partial charge in [0.1, 0.15) is 0 Å². The van der Waals surface area contributed by atoms with Crippen LogP contribution in [0.1, 0.15) is 16.8 Å². The second-order valence-electron chi connectivity index (χ2n) is 7.04. The number of carbonyl (C=O) groups is 1. The Balaban J connectivity index is 0.00000140. The first-order valence-corrected chi connectivity index (χ1v) is 9.69. The standard InChI is InChI=1S/C21H24ClN3O.2ClH/c22-20-7-2-1-6-19(20)16-4-3-5-17(14-16)21(26)25-12-10-24(11-13-25)18-8-9-23-15-18;;/h1-7,14,18,23H,8-13,15H2;2*1H. The van der Waals surface area contributed by atoms with E-state index in [1.165, 1.54) is 6.42 Å². The van der Waals surface area contributed by atoms with Crippen molar-refractivity contribution in [2.45, 2.75) is 12.5 Å². The van der Waals surface area contributed by atoms with Crippen molar-refractivity contribution in [3.8, 4) is 11.1 Å². The Hall–Kier alpha value is -1.30. The zero-order valence-corrected chi connectivity index (χ0v) is 18.0. The summed E-state index contributed by atoms with van der Waals surface area (Å²) in [5.74, 6) is 0.114. The van der Waals surface area contributed by atoms with Gasteiger partial charge in [-0.25, -0.2) is 0 Å². The first-order chi connectivity index (χ1) is 12.7. The van der Waals surface area contributed by atoms with E-state index in [9.17, 15) is 4.79 Å². The molecule has 2 aliphatic heterocycles. The van der Waals surface area contributed by atoms with Crippen molar-refractivity contribution < 1.29 is 4.79 Å². The first-order valence-electron chi connectivity index (χ1n) is 9.31. The van der Waals surface area contributed by atoms with Gasteiger partial charge in [-0.15, -0.1) is 24.8 Å². The molecule has 4 nitrogen and oxygen atoms in total. The number of hydrogen-bond acceptors (Lipinski definition) is 3. The Kier molecular flexibility index (Phi) is 8.59. The van der Waals surface area contributed by atoms with Gasteiger partial charge in [0.2, 0.25) is 0 Å². The van der Waals surface area contributed by atoms with Gasteiger partial charge in [-0.05, 0) is 36.7 Å². The van der Waals surface area contributed by atoms with E-state index in [-0.39, 0.29) is 30.7 Å². The summed E-state index contributed by atoms with van der Waals surface area (Å²) in [5.41, 5.74) is 2.68. The monoisotopic (exact) mass is 441 g/mol. The van der Waals surface area contributed by atoms with Crippen LogP contribution < -0.4 is 5.32 Å². The minimum Gasteiger partial charge on any atom is -0.336 e. The molecule has 1 amide bonds. The van der Waals surface area contributed by atoms with Crippen LogP contribution in [0.2, 0.25) is 5.02 Å². The van der Waals surface area contributed by atoms with Crippen LogP contribution in [0.25, 0.3) is 11.1 Å². The van der Waals surface area contributed by atoms with E-state index in [1.54, 1.807) is 0 Å². The van der Waals surface area contributed by atoms with Gasteiger partial charge in [0.25, 0.3) is 5.91 Å². The van der Waals surface area contributed by atoms with Crippen LogP contribution >= 0.6 is 36.4 Å². The van der Waals surface area contributed by atoms with Crippen LogP contribution in [0, 0.1) is 0 Å². The van der Waals surface area contributed by atoms with Gasteiger partial charge in [-0.3, -0.25) is 9.69 Å². The first kappa shape index (κ1) is 23.0. The number of carbonyl (C=O) groups excluding carboxylic acids is 1. The van der Waals surface area contributed by atoms with Crippen LogP contribution in [0.5, 0.6) is 0 Å². The third-order valence-electron chi connectivity index (χ3n) is 5.45. The number of nitrogens with one attached hydrogen (secondary N) is 1. The van der Waals surface area contributed by atoms with E-state index >= 15 is 0 Å². The predicted octanol–water partition coefficient (Wildman–Crippen LogP) is 3.97. The van der Waals surface area contributed by atoms with Crippen LogP contribution in [-0.4, -0.2) is 61.0 Å². The summed E-state index contributed by atoms with van der Waals surface area (Å²) < 4.78 is 0. The normalized spacial score (nSPS) is 19.6. The van der Waals surface area contributed by atoms with Crippen molar-refractivity contribution >= 4 is 42.3 Å². The molecule has 1 N–H and O–H groups in total. The topological polar surface area (TPSA) is 35.6 Å². The molecule has 0 bridgehead atoms. The Morgan fingerprint density at radius 2 is 1.75 bits per heavy atom. The number of halogens is 3. The van der Waals surface area contributed by atoms with Gasteiger partial charge >= 0.3 is 0 Å². The summed E-state index contributed by atoms with van der Waals surface area (Å²) in [6.45, 7) is 5.70. The Bertz CT molecular complexity index is 788. The molecule has 2 heterocycles. The summed E-state index contributed by atoms with van der Waals surface area (Å²) in [7, 11) is 0. The van der Waals surface area contributed by atoms with Gasteiger partial charge in [0, 0.05) is 54.9 Å².